The first kappa shape index (κ1) is 18.5. The lowest BCUT2D eigenvalue weighted by Gasteiger charge is -2.10. The molecule has 0 unspecified atom stereocenters. The maximum absolute atomic E-state index is 4.56. The number of nitrogens with zero attached hydrogens (tertiary/aromatic N) is 2. The Morgan fingerprint density at radius 3 is 2.23 bits per heavy atom. The Labute approximate surface area is 180 Å². The number of anilines is 2. The summed E-state index contributed by atoms with van der Waals surface area (Å²) in [7, 11) is 0. The molecule has 2 heterocycles. The van der Waals surface area contributed by atoms with Gasteiger partial charge in [-0.25, -0.2) is 9.97 Å². The van der Waals surface area contributed by atoms with Crippen LogP contribution in [-0.2, 0) is 0 Å². The lowest BCUT2D eigenvalue weighted by Crippen LogP contribution is -1.96. The van der Waals surface area contributed by atoms with Crippen molar-refractivity contribution >= 4 is 33.1 Å². The van der Waals surface area contributed by atoms with Crippen molar-refractivity contribution in [2.75, 3.05) is 5.32 Å². The van der Waals surface area contributed by atoms with Crippen molar-refractivity contribution in [1.82, 2.24) is 9.97 Å². The molecule has 5 rings (SSSR count). The molecule has 4 heteroatoms. The molecule has 30 heavy (non-hydrogen) atoms. The molecular formula is C26H21N3S. The largest absolute Gasteiger partial charge is 0.340 e. The van der Waals surface area contributed by atoms with Crippen molar-refractivity contribution in [3.05, 3.63) is 95.6 Å². The fourth-order valence-electron chi connectivity index (χ4n) is 3.61. The molecule has 5 aromatic rings. The van der Waals surface area contributed by atoms with Crippen LogP contribution in [-0.4, -0.2) is 9.97 Å². The minimum absolute atomic E-state index is 0.839. The number of thiophene rings is 1. The van der Waals surface area contributed by atoms with Crippen LogP contribution in [0.15, 0.2) is 84.5 Å². The lowest BCUT2D eigenvalue weighted by atomic mass is 10.0. The van der Waals surface area contributed by atoms with Crippen molar-refractivity contribution in [2.24, 2.45) is 0 Å². The molecule has 0 aliphatic rings. The second-order valence-electron chi connectivity index (χ2n) is 7.42. The van der Waals surface area contributed by atoms with Gasteiger partial charge in [0.25, 0.3) is 0 Å². The number of aryl methyl sites for hydroxylation is 2. The van der Waals surface area contributed by atoms with E-state index in [9.17, 15) is 0 Å². The van der Waals surface area contributed by atoms with Gasteiger partial charge in [0.15, 0.2) is 0 Å². The van der Waals surface area contributed by atoms with E-state index in [2.05, 4.69) is 101 Å². The molecule has 3 aromatic carbocycles. The second kappa shape index (κ2) is 7.73. The topological polar surface area (TPSA) is 37.8 Å². The zero-order valence-corrected chi connectivity index (χ0v) is 17.7. The predicted octanol–water partition coefficient (Wildman–Crippen LogP) is 7.39. The maximum atomic E-state index is 4.56. The Bertz CT molecular complexity index is 1320. The van der Waals surface area contributed by atoms with Crippen molar-refractivity contribution in [2.45, 2.75) is 13.8 Å². The highest BCUT2D eigenvalue weighted by molar-refractivity contribution is 7.17. The van der Waals surface area contributed by atoms with E-state index in [1.54, 1.807) is 17.7 Å². The SMILES string of the molecule is Cc1ccc(Nc2ncnc3scc(-c4ccc(-c5ccccc5)cc4)c23)cc1C. The van der Waals surface area contributed by atoms with E-state index in [1.165, 1.54) is 27.8 Å². The van der Waals surface area contributed by atoms with E-state index in [4.69, 9.17) is 0 Å². The van der Waals surface area contributed by atoms with Crippen LogP contribution in [0.25, 0.3) is 32.5 Å². The van der Waals surface area contributed by atoms with Gasteiger partial charge in [0.05, 0.1) is 5.39 Å². The number of hydrogen-bond donors (Lipinski definition) is 1. The first-order valence-electron chi connectivity index (χ1n) is 9.91. The summed E-state index contributed by atoms with van der Waals surface area (Å²) in [5.41, 5.74) is 8.33. The van der Waals surface area contributed by atoms with Gasteiger partial charge >= 0.3 is 0 Å². The molecule has 0 saturated carbocycles. The highest BCUT2D eigenvalue weighted by atomic mass is 32.1. The summed E-state index contributed by atoms with van der Waals surface area (Å²) in [4.78, 5) is 10.0. The summed E-state index contributed by atoms with van der Waals surface area (Å²) in [6.45, 7) is 4.25. The Kier molecular flexibility index (Phi) is 4.77. The molecule has 0 atom stereocenters. The molecule has 1 N–H and O–H groups in total. The summed E-state index contributed by atoms with van der Waals surface area (Å²) >= 11 is 1.65. The van der Waals surface area contributed by atoms with E-state index in [0.29, 0.717) is 0 Å². The standard InChI is InChI=1S/C26H21N3S/c1-17-8-13-22(14-18(17)2)29-25-24-23(15-30-26(24)28-16-27-25)21-11-9-20(10-12-21)19-6-4-3-5-7-19/h3-16H,1-2H3,(H,27,28,29). The Hall–Kier alpha value is -3.50. The van der Waals surface area contributed by atoms with E-state index < -0.39 is 0 Å². The summed E-state index contributed by atoms with van der Waals surface area (Å²) < 4.78 is 0. The zero-order valence-electron chi connectivity index (χ0n) is 16.9. The van der Waals surface area contributed by atoms with Gasteiger partial charge in [-0.3, -0.25) is 0 Å². The Morgan fingerprint density at radius 2 is 1.47 bits per heavy atom. The highest BCUT2D eigenvalue weighted by Gasteiger charge is 2.14. The van der Waals surface area contributed by atoms with Gasteiger partial charge in [-0.1, -0.05) is 60.7 Å². The maximum Gasteiger partial charge on any atom is 0.143 e. The average molecular weight is 408 g/mol. The quantitative estimate of drug-likeness (QED) is 0.337. The van der Waals surface area contributed by atoms with E-state index >= 15 is 0 Å². The average Bonchev–Trinajstić information content (AvgIpc) is 3.22. The van der Waals surface area contributed by atoms with Crippen LogP contribution in [0.3, 0.4) is 0 Å². The molecule has 0 amide bonds. The van der Waals surface area contributed by atoms with Gasteiger partial charge < -0.3 is 5.32 Å². The van der Waals surface area contributed by atoms with E-state index in [0.717, 1.165) is 27.3 Å². The molecular weight excluding hydrogens is 386 g/mol. The van der Waals surface area contributed by atoms with Crippen molar-refractivity contribution in [3.63, 3.8) is 0 Å². The van der Waals surface area contributed by atoms with Crippen LogP contribution < -0.4 is 5.32 Å². The Balaban J connectivity index is 1.55. The minimum Gasteiger partial charge on any atom is -0.340 e. The highest BCUT2D eigenvalue weighted by Crippen LogP contribution is 2.38. The van der Waals surface area contributed by atoms with Crippen molar-refractivity contribution in [3.8, 4) is 22.3 Å². The van der Waals surface area contributed by atoms with Gasteiger partial charge in [0, 0.05) is 16.6 Å². The number of nitrogens with one attached hydrogen (secondary N) is 1. The van der Waals surface area contributed by atoms with Gasteiger partial charge in [-0.05, 0) is 53.8 Å². The van der Waals surface area contributed by atoms with Crippen LogP contribution in [0.1, 0.15) is 11.1 Å². The third kappa shape index (κ3) is 3.46. The van der Waals surface area contributed by atoms with Gasteiger partial charge in [-0.15, -0.1) is 11.3 Å². The van der Waals surface area contributed by atoms with Crippen LogP contribution in [0.2, 0.25) is 0 Å². The number of hydrogen-bond acceptors (Lipinski definition) is 4. The Morgan fingerprint density at radius 1 is 0.733 bits per heavy atom. The summed E-state index contributed by atoms with van der Waals surface area (Å²) in [6, 6.07) is 25.5. The fraction of sp³-hybridized carbons (Fsp3) is 0.0769. The fourth-order valence-corrected chi connectivity index (χ4v) is 4.53. The molecule has 0 saturated heterocycles. The summed E-state index contributed by atoms with van der Waals surface area (Å²) in [5, 5.41) is 6.74. The molecule has 0 aliphatic carbocycles. The van der Waals surface area contributed by atoms with Crippen LogP contribution in [0.5, 0.6) is 0 Å². The van der Waals surface area contributed by atoms with Gasteiger partial charge in [0.2, 0.25) is 0 Å². The normalized spacial score (nSPS) is 11.0. The van der Waals surface area contributed by atoms with Gasteiger partial charge in [-0.2, -0.15) is 0 Å². The second-order valence-corrected chi connectivity index (χ2v) is 8.28. The van der Waals surface area contributed by atoms with E-state index in [-0.39, 0.29) is 0 Å². The third-order valence-electron chi connectivity index (χ3n) is 5.44. The molecule has 0 spiro atoms. The molecule has 3 nitrogen and oxygen atoms in total. The van der Waals surface area contributed by atoms with Crippen LogP contribution >= 0.6 is 11.3 Å². The first-order valence-corrected chi connectivity index (χ1v) is 10.8. The van der Waals surface area contributed by atoms with E-state index in [1.807, 2.05) is 6.07 Å². The monoisotopic (exact) mass is 407 g/mol. The molecule has 146 valence electrons. The van der Waals surface area contributed by atoms with Gasteiger partial charge in [0.1, 0.15) is 17.0 Å². The minimum atomic E-state index is 0.839. The number of benzene rings is 3. The van der Waals surface area contributed by atoms with Crippen molar-refractivity contribution < 1.29 is 0 Å². The zero-order chi connectivity index (χ0) is 20.5. The molecule has 0 aliphatic heterocycles. The van der Waals surface area contributed by atoms with Crippen LogP contribution in [0.4, 0.5) is 11.5 Å². The van der Waals surface area contributed by atoms with Crippen molar-refractivity contribution in [1.29, 1.82) is 0 Å². The molecule has 2 aromatic heterocycles. The third-order valence-corrected chi connectivity index (χ3v) is 6.33. The number of rotatable bonds is 4. The number of fused-ring (bicyclic) bond motifs is 1. The molecule has 0 fully saturated rings. The lowest BCUT2D eigenvalue weighted by molar-refractivity contribution is 1.23. The first-order chi connectivity index (χ1) is 14.7. The smallest absolute Gasteiger partial charge is 0.143 e. The van der Waals surface area contributed by atoms with Crippen LogP contribution in [0, 0.1) is 13.8 Å². The summed E-state index contributed by atoms with van der Waals surface area (Å²) in [5.74, 6) is 0.839. The molecule has 0 bridgehead atoms. The number of aromatic nitrogens is 2. The summed E-state index contributed by atoms with van der Waals surface area (Å²) in [6.07, 6.45) is 1.63. The molecule has 0 radical (unpaired) electrons. The predicted molar refractivity (Wildman–Crippen MR) is 127 cm³/mol.